The first-order valence-corrected chi connectivity index (χ1v) is 7.33. The molecule has 1 amide bonds. The van der Waals surface area contributed by atoms with Crippen LogP contribution < -0.4 is 5.32 Å². The topological polar surface area (TPSA) is 29.1 Å². The minimum Gasteiger partial charge on any atom is -0.320 e. The van der Waals surface area contributed by atoms with Gasteiger partial charge in [-0.25, -0.2) is 8.78 Å². The lowest BCUT2D eigenvalue weighted by molar-refractivity contribution is -0.323. The largest absolute Gasteiger partial charge is 0.412 e. The number of carbonyl (C=O) groups excluding carboxylic acids is 1. The fourth-order valence-corrected chi connectivity index (χ4v) is 2.44. The van der Waals surface area contributed by atoms with Gasteiger partial charge < -0.3 is 5.32 Å². The summed E-state index contributed by atoms with van der Waals surface area (Å²) >= 11 is 0. The molecule has 146 valence electrons. The van der Waals surface area contributed by atoms with E-state index in [0.717, 1.165) is 23.5 Å². The van der Waals surface area contributed by atoms with Gasteiger partial charge >= 0.3 is 12.4 Å². The van der Waals surface area contributed by atoms with E-state index >= 15 is 0 Å². The van der Waals surface area contributed by atoms with Crippen LogP contribution in [0.15, 0.2) is 48.5 Å². The van der Waals surface area contributed by atoms with Crippen molar-refractivity contribution in [2.24, 2.45) is 5.41 Å². The molecule has 0 spiro atoms. The van der Waals surface area contributed by atoms with Crippen molar-refractivity contribution in [1.82, 2.24) is 0 Å². The van der Waals surface area contributed by atoms with E-state index in [1.807, 2.05) is 0 Å². The zero-order valence-corrected chi connectivity index (χ0v) is 13.3. The number of alkyl halides is 6. The van der Waals surface area contributed by atoms with Gasteiger partial charge in [-0.3, -0.25) is 4.79 Å². The van der Waals surface area contributed by atoms with Crippen molar-refractivity contribution >= 4 is 11.6 Å². The van der Waals surface area contributed by atoms with Gasteiger partial charge in [0.25, 0.3) is 0 Å². The number of para-hydroxylation sites is 1. The maximum Gasteiger partial charge on any atom is 0.412 e. The van der Waals surface area contributed by atoms with Gasteiger partial charge in [-0.15, -0.1) is 0 Å². The molecule has 0 bridgehead atoms. The number of nitrogens with one attached hydrogen (secondary N) is 1. The third-order valence-corrected chi connectivity index (χ3v) is 3.87. The summed E-state index contributed by atoms with van der Waals surface area (Å²) < 4.78 is 108. The average Bonchev–Trinajstić information content (AvgIpc) is 2.54. The van der Waals surface area contributed by atoms with Crippen LogP contribution >= 0.6 is 0 Å². The number of benzene rings is 2. The van der Waals surface area contributed by atoms with Crippen molar-refractivity contribution in [2.75, 3.05) is 5.32 Å². The van der Waals surface area contributed by atoms with E-state index in [1.165, 1.54) is 18.2 Å². The molecule has 0 atom stereocenters. The van der Waals surface area contributed by atoms with Crippen LogP contribution in [0.1, 0.15) is 5.56 Å². The van der Waals surface area contributed by atoms with Gasteiger partial charge in [-0.1, -0.05) is 36.4 Å². The molecule has 0 aliphatic carbocycles. The molecule has 1 N–H and O–H groups in total. The Morgan fingerprint density at radius 3 is 1.70 bits per heavy atom. The standard InChI is InChI=1S/C17H11F8NO/c18-11-7-4-8-12(19)13(11)26-14(27)15(16(20,21)22,17(23,24)25)9-10-5-2-1-3-6-10/h1-8H,9H2,(H,26,27). The van der Waals surface area contributed by atoms with Crippen molar-refractivity contribution < 1.29 is 39.9 Å². The average molecular weight is 397 g/mol. The quantitative estimate of drug-likeness (QED) is 0.701. The highest BCUT2D eigenvalue weighted by Crippen LogP contribution is 2.53. The highest BCUT2D eigenvalue weighted by molar-refractivity contribution is 5.97. The van der Waals surface area contributed by atoms with Crippen molar-refractivity contribution in [1.29, 1.82) is 0 Å². The molecule has 10 heteroatoms. The molecule has 2 rings (SSSR count). The van der Waals surface area contributed by atoms with Gasteiger partial charge in [0.2, 0.25) is 11.3 Å². The number of hydrogen-bond donors (Lipinski definition) is 1. The van der Waals surface area contributed by atoms with Crippen LogP contribution in [0.5, 0.6) is 0 Å². The maximum atomic E-state index is 13.6. The smallest absolute Gasteiger partial charge is 0.320 e. The second-order valence-electron chi connectivity index (χ2n) is 5.61. The molecule has 0 saturated carbocycles. The summed E-state index contributed by atoms with van der Waals surface area (Å²) in [5, 5.41) is 1.12. The van der Waals surface area contributed by atoms with Gasteiger partial charge in [0.1, 0.15) is 17.3 Å². The number of amides is 1. The molecule has 0 saturated heterocycles. The molecule has 27 heavy (non-hydrogen) atoms. The maximum absolute atomic E-state index is 13.6. The van der Waals surface area contributed by atoms with Gasteiger partial charge in [0.15, 0.2) is 0 Å². The third kappa shape index (κ3) is 3.88. The summed E-state index contributed by atoms with van der Waals surface area (Å²) in [4.78, 5) is 12.2. The molecule has 2 aromatic rings. The number of hydrogen-bond acceptors (Lipinski definition) is 1. The fourth-order valence-electron chi connectivity index (χ4n) is 2.44. The lowest BCUT2D eigenvalue weighted by atomic mass is 9.78. The minimum atomic E-state index is -6.09. The van der Waals surface area contributed by atoms with Crippen LogP contribution in [0.2, 0.25) is 0 Å². The Kier molecular flexibility index (Phi) is 5.48. The second-order valence-corrected chi connectivity index (χ2v) is 5.61. The van der Waals surface area contributed by atoms with E-state index in [2.05, 4.69) is 0 Å². The van der Waals surface area contributed by atoms with Gasteiger partial charge in [-0.05, 0) is 17.7 Å². The minimum absolute atomic E-state index is 0.434. The molecule has 0 aromatic heterocycles. The van der Waals surface area contributed by atoms with Crippen LogP contribution in [-0.4, -0.2) is 18.3 Å². The molecule has 0 heterocycles. The molecule has 0 fully saturated rings. The van der Waals surface area contributed by atoms with Crippen LogP contribution in [0, 0.1) is 17.0 Å². The Balaban J connectivity index is 2.59. The number of rotatable bonds is 4. The summed E-state index contributed by atoms with van der Waals surface area (Å²) in [6.45, 7) is 0. The first kappa shape index (κ1) is 20.7. The summed E-state index contributed by atoms with van der Waals surface area (Å²) in [5.74, 6) is -5.65. The predicted molar refractivity (Wildman–Crippen MR) is 79.7 cm³/mol. The van der Waals surface area contributed by atoms with E-state index in [0.29, 0.717) is 12.1 Å². The Morgan fingerprint density at radius 2 is 1.26 bits per heavy atom. The molecule has 2 aromatic carbocycles. The van der Waals surface area contributed by atoms with Crippen LogP contribution in [0.4, 0.5) is 40.8 Å². The molecular weight excluding hydrogens is 386 g/mol. The van der Waals surface area contributed by atoms with Crippen molar-refractivity contribution in [3.63, 3.8) is 0 Å². The van der Waals surface area contributed by atoms with Crippen LogP contribution in [0.3, 0.4) is 0 Å². The summed E-state index contributed by atoms with van der Waals surface area (Å²) in [6.07, 6.45) is -14.0. The highest BCUT2D eigenvalue weighted by atomic mass is 19.4. The van der Waals surface area contributed by atoms with Crippen LogP contribution in [0.25, 0.3) is 0 Å². The number of carbonyl (C=O) groups is 1. The second kappa shape index (κ2) is 7.16. The molecule has 0 aliphatic heterocycles. The third-order valence-electron chi connectivity index (χ3n) is 3.87. The Labute approximate surface area is 147 Å². The fraction of sp³-hybridized carbons (Fsp3) is 0.235. The summed E-state index contributed by atoms with van der Waals surface area (Å²) in [6, 6.07) is 7.71. The lowest BCUT2D eigenvalue weighted by Gasteiger charge is -2.36. The van der Waals surface area contributed by atoms with E-state index in [-0.39, 0.29) is 0 Å². The van der Waals surface area contributed by atoms with Crippen LogP contribution in [-0.2, 0) is 11.2 Å². The van der Waals surface area contributed by atoms with E-state index < -0.39 is 53.0 Å². The van der Waals surface area contributed by atoms with E-state index in [9.17, 15) is 39.9 Å². The molecule has 0 radical (unpaired) electrons. The monoisotopic (exact) mass is 397 g/mol. The molecule has 0 aliphatic rings. The predicted octanol–water partition coefficient (Wildman–Crippen LogP) is 5.26. The van der Waals surface area contributed by atoms with Gasteiger partial charge in [0, 0.05) is 6.42 Å². The van der Waals surface area contributed by atoms with E-state index in [4.69, 9.17) is 0 Å². The SMILES string of the molecule is O=C(Nc1c(F)cccc1F)C(Cc1ccccc1)(C(F)(F)F)C(F)(F)F. The summed E-state index contributed by atoms with van der Waals surface area (Å²) in [5.41, 5.74) is -6.74. The Morgan fingerprint density at radius 1 is 0.778 bits per heavy atom. The Bertz CT molecular complexity index is 780. The van der Waals surface area contributed by atoms with Crippen molar-refractivity contribution in [3.05, 3.63) is 65.7 Å². The first-order chi connectivity index (χ1) is 12.4. The lowest BCUT2D eigenvalue weighted by Crippen LogP contribution is -2.59. The van der Waals surface area contributed by atoms with E-state index in [1.54, 1.807) is 0 Å². The van der Waals surface area contributed by atoms with Crippen molar-refractivity contribution in [2.45, 2.75) is 18.8 Å². The van der Waals surface area contributed by atoms with Crippen molar-refractivity contribution in [3.8, 4) is 0 Å². The molecular formula is C17H11F8NO. The number of halogens is 8. The normalized spacial score (nSPS) is 12.7. The zero-order valence-electron chi connectivity index (χ0n) is 13.3. The Hall–Kier alpha value is -2.65. The molecule has 0 unspecified atom stereocenters. The highest BCUT2D eigenvalue weighted by Gasteiger charge is 2.75. The molecule has 2 nitrogen and oxygen atoms in total. The zero-order chi connectivity index (χ0) is 20.5. The van der Waals surface area contributed by atoms with Gasteiger partial charge in [-0.2, -0.15) is 26.3 Å². The first-order valence-electron chi connectivity index (χ1n) is 7.33. The number of anilines is 1. The van der Waals surface area contributed by atoms with Gasteiger partial charge in [0.05, 0.1) is 0 Å². The summed E-state index contributed by atoms with van der Waals surface area (Å²) in [7, 11) is 0.